The van der Waals surface area contributed by atoms with Crippen LogP contribution in [0.25, 0.3) is 0 Å². The third-order valence-corrected chi connectivity index (χ3v) is 3.16. The van der Waals surface area contributed by atoms with Gasteiger partial charge in [0, 0.05) is 30.0 Å². The van der Waals surface area contributed by atoms with E-state index in [2.05, 4.69) is 5.32 Å². The number of nitrogens with one attached hydrogen (secondary N) is 1. The molecule has 0 aliphatic carbocycles. The highest BCUT2D eigenvalue weighted by Gasteiger charge is 2.21. The summed E-state index contributed by atoms with van der Waals surface area (Å²) >= 11 is 0. The summed E-state index contributed by atoms with van der Waals surface area (Å²) in [6, 6.07) is 4.94. The molecule has 5 nitrogen and oxygen atoms in total. The molecule has 1 rings (SSSR count). The first kappa shape index (κ1) is 14.4. The molecule has 0 amide bonds. The van der Waals surface area contributed by atoms with Gasteiger partial charge in [-0.2, -0.15) is 0 Å². The van der Waals surface area contributed by atoms with Crippen LogP contribution in [0.5, 0.6) is 0 Å². The standard InChI is InChI=1S/C13H20N2O3/c1-4-13(3,5-6-16)14-11-7-10(2)8-12(9-11)15(17)18/h7-9,14,16H,4-6H2,1-3H3. The fraction of sp³-hybridized carbons (Fsp3) is 0.538. The Morgan fingerprint density at radius 2 is 2.11 bits per heavy atom. The number of anilines is 1. The molecule has 0 radical (unpaired) electrons. The van der Waals surface area contributed by atoms with Gasteiger partial charge in [-0.25, -0.2) is 0 Å². The molecule has 0 aliphatic heterocycles. The number of rotatable bonds is 6. The Labute approximate surface area is 107 Å². The van der Waals surface area contributed by atoms with E-state index in [1.807, 2.05) is 26.8 Å². The van der Waals surface area contributed by atoms with Crippen molar-refractivity contribution in [2.45, 2.75) is 39.2 Å². The molecule has 0 aromatic heterocycles. The summed E-state index contributed by atoms with van der Waals surface area (Å²) in [6.07, 6.45) is 1.43. The predicted octanol–water partition coefficient (Wildman–Crippen LogP) is 2.87. The van der Waals surface area contributed by atoms with Crippen molar-refractivity contribution in [3.8, 4) is 0 Å². The van der Waals surface area contributed by atoms with E-state index in [0.717, 1.165) is 17.7 Å². The van der Waals surface area contributed by atoms with Crippen LogP contribution in [0.4, 0.5) is 11.4 Å². The van der Waals surface area contributed by atoms with E-state index in [0.29, 0.717) is 6.42 Å². The first-order valence-electron chi connectivity index (χ1n) is 6.05. The molecule has 1 aromatic carbocycles. The van der Waals surface area contributed by atoms with Crippen LogP contribution in [-0.2, 0) is 0 Å². The number of nitro benzene ring substituents is 1. The average Bonchev–Trinajstić information content (AvgIpc) is 2.28. The van der Waals surface area contributed by atoms with E-state index in [9.17, 15) is 10.1 Å². The van der Waals surface area contributed by atoms with Gasteiger partial charge in [-0.05, 0) is 38.3 Å². The predicted molar refractivity (Wildman–Crippen MR) is 71.9 cm³/mol. The highest BCUT2D eigenvalue weighted by Crippen LogP contribution is 2.26. The zero-order valence-electron chi connectivity index (χ0n) is 11.1. The molecule has 0 aliphatic rings. The van der Waals surface area contributed by atoms with E-state index < -0.39 is 4.92 Å². The van der Waals surface area contributed by atoms with Crippen LogP contribution in [0.2, 0.25) is 0 Å². The molecule has 0 spiro atoms. The lowest BCUT2D eigenvalue weighted by Gasteiger charge is -2.30. The Morgan fingerprint density at radius 3 is 2.61 bits per heavy atom. The van der Waals surface area contributed by atoms with Crippen molar-refractivity contribution in [3.63, 3.8) is 0 Å². The number of benzene rings is 1. The number of hydrogen-bond acceptors (Lipinski definition) is 4. The molecule has 0 fully saturated rings. The second kappa shape index (κ2) is 5.82. The molecule has 100 valence electrons. The summed E-state index contributed by atoms with van der Waals surface area (Å²) < 4.78 is 0. The normalized spacial score (nSPS) is 14.0. The van der Waals surface area contributed by atoms with Gasteiger partial charge >= 0.3 is 0 Å². The summed E-state index contributed by atoms with van der Waals surface area (Å²) in [6.45, 7) is 5.93. The van der Waals surface area contributed by atoms with Crippen LogP contribution in [0.3, 0.4) is 0 Å². The Balaban J connectivity index is 2.99. The Hall–Kier alpha value is -1.62. The van der Waals surface area contributed by atoms with E-state index in [-0.39, 0.29) is 17.8 Å². The minimum atomic E-state index is -0.395. The zero-order valence-corrected chi connectivity index (χ0v) is 11.1. The summed E-state index contributed by atoms with van der Waals surface area (Å²) in [7, 11) is 0. The van der Waals surface area contributed by atoms with Crippen molar-refractivity contribution >= 4 is 11.4 Å². The minimum absolute atomic E-state index is 0.0833. The molecule has 0 bridgehead atoms. The SMILES string of the molecule is CCC(C)(CCO)Nc1cc(C)cc([N+](=O)[O-])c1. The van der Waals surface area contributed by atoms with Crippen molar-refractivity contribution in [2.24, 2.45) is 0 Å². The van der Waals surface area contributed by atoms with Crippen molar-refractivity contribution in [2.75, 3.05) is 11.9 Å². The number of aryl methyl sites for hydroxylation is 1. The first-order valence-corrected chi connectivity index (χ1v) is 6.05. The van der Waals surface area contributed by atoms with Crippen molar-refractivity contribution in [3.05, 3.63) is 33.9 Å². The van der Waals surface area contributed by atoms with Gasteiger partial charge in [0.1, 0.15) is 0 Å². The average molecular weight is 252 g/mol. The summed E-state index contributed by atoms with van der Waals surface area (Å²) in [4.78, 5) is 10.4. The van der Waals surface area contributed by atoms with E-state index >= 15 is 0 Å². The molecular weight excluding hydrogens is 232 g/mol. The molecule has 2 N–H and O–H groups in total. The number of nitro groups is 1. The molecule has 1 aromatic rings. The van der Waals surface area contributed by atoms with Gasteiger partial charge in [0.05, 0.1) is 4.92 Å². The quantitative estimate of drug-likeness (QED) is 0.603. The molecule has 18 heavy (non-hydrogen) atoms. The maximum atomic E-state index is 10.8. The van der Waals surface area contributed by atoms with Crippen LogP contribution in [0, 0.1) is 17.0 Å². The van der Waals surface area contributed by atoms with Crippen molar-refractivity contribution in [1.82, 2.24) is 0 Å². The molecular formula is C13H20N2O3. The largest absolute Gasteiger partial charge is 0.396 e. The van der Waals surface area contributed by atoms with Gasteiger partial charge < -0.3 is 10.4 Å². The molecule has 1 atom stereocenters. The fourth-order valence-corrected chi connectivity index (χ4v) is 1.86. The lowest BCUT2D eigenvalue weighted by atomic mass is 9.94. The Bertz CT molecular complexity index is 434. The van der Waals surface area contributed by atoms with Gasteiger partial charge in [0.15, 0.2) is 0 Å². The maximum absolute atomic E-state index is 10.8. The van der Waals surface area contributed by atoms with Crippen molar-refractivity contribution < 1.29 is 10.0 Å². The third-order valence-electron chi connectivity index (χ3n) is 3.16. The highest BCUT2D eigenvalue weighted by molar-refractivity contribution is 5.55. The maximum Gasteiger partial charge on any atom is 0.271 e. The Kier molecular flexibility index (Phi) is 4.67. The third kappa shape index (κ3) is 3.70. The van der Waals surface area contributed by atoms with Gasteiger partial charge in [-0.3, -0.25) is 10.1 Å². The topological polar surface area (TPSA) is 75.4 Å². The van der Waals surface area contributed by atoms with Crippen molar-refractivity contribution in [1.29, 1.82) is 0 Å². The minimum Gasteiger partial charge on any atom is -0.396 e. The lowest BCUT2D eigenvalue weighted by molar-refractivity contribution is -0.384. The molecule has 0 saturated heterocycles. The first-order chi connectivity index (χ1) is 8.40. The number of non-ortho nitro benzene ring substituents is 1. The number of nitrogens with zero attached hydrogens (tertiary/aromatic N) is 1. The van der Waals surface area contributed by atoms with Crippen LogP contribution in [-0.4, -0.2) is 22.2 Å². The van der Waals surface area contributed by atoms with Crippen LogP contribution >= 0.6 is 0 Å². The highest BCUT2D eigenvalue weighted by atomic mass is 16.6. The van der Waals surface area contributed by atoms with E-state index in [4.69, 9.17) is 5.11 Å². The number of hydrogen-bond donors (Lipinski definition) is 2. The van der Waals surface area contributed by atoms with Crippen LogP contribution < -0.4 is 5.32 Å². The molecule has 0 heterocycles. The van der Waals surface area contributed by atoms with Gasteiger partial charge in [-0.15, -0.1) is 0 Å². The number of aliphatic hydroxyl groups is 1. The van der Waals surface area contributed by atoms with Gasteiger partial charge in [0.25, 0.3) is 5.69 Å². The Morgan fingerprint density at radius 1 is 1.44 bits per heavy atom. The summed E-state index contributed by atoms with van der Waals surface area (Å²) in [5.74, 6) is 0. The molecule has 5 heteroatoms. The second-order valence-electron chi connectivity index (χ2n) is 4.83. The van der Waals surface area contributed by atoms with Crippen LogP contribution in [0.1, 0.15) is 32.3 Å². The monoisotopic (exact) mass is 252 g/mol. The second-order valence-corrected chi connectivity index (χ2v) is 4.83. The van der Waals surface area contributed by atoms with Gasteiger partial charge in [-0.1, -0.05) is 6.92 Å². The summed E-state index contributed by atoms with van der Waals surface area (Å²) in [5, 5.41) is 23.1. The molecule has 0 saturated carbocycles. The lowest BCUT2D eigenvalue weighted by Crippen LogP contribution is -2.35. The van der Waals surface area contributed by atoms with Gasteiger partial charge in [0.2, 0.25) is 0 Å². The summed E-state index contributed by atoms with van der Waals surface area (Å²) in [5.41, 5.74) is 1.39. The fourth-order valence-electron chi connectivity index (χ4n) is 1.86. The zero-order chi connectivity index (χ0) is 13.8. The molecule has 1 unspecified atom stereocenters. The van der Waals surface area contributed by atoms with E-state index in [1.54, 1.807) is 6.07 Å². The number of aliphatic hydroxyl groups excluding tert-OH is 1. The van der Waals surface area contributed by atoms with Crippen LogP contribution in [0.15, 0.2) is 18.2 Å². The van der Waals surface area contributed by atoms with E-state index in [1.165, 1.54) is 6.07 Å². The smallest absolute Gasteiger partial charge is 0.271 e.